The summed E-state index contributed by atoms with van der Waals surface area (Å²) in [6, 6.07) is 7.42. The minimum atomic E-state index is -0.0509. The van der Waals surface area contributed by atoms with E-state index in [1.165, 1.54) is 11.8 Å². The van der Waals surface area contributed by atoms with Crippen LogP contribution in [-0.2, 0) is 5.75 Å². The molecule has 24 heavy (non-hydrogen) atoms. The van der Waals surface area contributed by atoms with Crippen molar-refractivity contribution in [2.24, 2.45) is 0 Å². The number of methoxy groups -OCH3 is 1. The van der Waals surface area contributed by atoms with Crippen molar-refractivity contribution >= 4 is 39.3 Å². The van der Waals surface area contributed by atoms with Gasteiger partial charge in [0, 0.05) is 24.2 Å². The smallest absolute Gasteiger partial charge is 0.192 e. The Morgan fingerprint density at radius 3 is 2.50 bits per heavy atom. The van der Waals surface area contributed by atoms with E-state index in [1.54, 1.807) is 31.4 Å². The molecule has 0 bridgehead atoms. The number of thiocarbonyl (C=S) groups is 1. The molecule has 1 aromatic heterocycles. The van der Waals surface area contributed by atoms with Crippen molar-refractivity contribution in [3.8, 4) is 5.75 Å². The molecule has 0 saturated heterocycles. The number of rotatable bonds is 5. The molecule has 0 radical (unpaired) electrons. The summed E-state index contributed by atoms with van der Waals surface area (Å²) in [5.74, 6) is 1.80. The fourth-order valence-corrected chi connectivity index (χ4v) is 4.19. The number of benzene rings is 1. The van der Waals surface area contributed by atoms with Crippen LogP contribution in [0, 0.1) is 0 Å². The molecule has 6 heteroatoms. The van der Waals surface area contributed by atoms with Crippen LogP contribution in [0.25, 0.3) is 11.0 Å². The second kappa shape index (κ2) is 8.03. The monoisotopic (exact) mass is 365 g/mol. The predicted octanol–water partition coefficient (Wildman–Crippen LogP) is 4.44. The molecule has 130 valence electrons. The van der Waals surface area contributed by atoms with Gasteiger partial charge in [-0.15, -0.1) is 0 Å². The van der Waals surface area contributed by atoms with E-state index in [4.69, 9.17) is 21.4 Å². The maximum atomic E-state index is 12.2. The first kappa shape index (κ1) is 18.8. The van der Waals surface area contributed by atoms with Crippen LogP contribution in [0.5, 0.6) is 5.75 Å². The second-order valence-electron chi connectivity index (χ2n) is 6.09. The number of nitrogens with zero attached hydrogens (tertiary/aromatic N) is 1. The first-order chi connectivity index (χ1) is 11.3. The SMILES string of the molecule is COc1ccc2c(=O)cc(CSC(=S)N(C(C)C)C(C)C)oc2c1. The number of fused-ring (bicyclic) bond motifs is 1. The van der Waals surface area contributed by atoms with Gasteiger partial charge in [-0.25, -0.2) is 0 Å². The third kappa shape index (κ3) is 4.30. The lowest BCUT2D eigenvalue weighted by molar-refractivity contribution is 0.303. The molecule has 4 nitrogen and oxygen atoms in total. The predicted molar refractivity (Wildman–Crippen MR) is 105 cm³/mol. The Morgan fingerprint density at radius 1 is 1.25 bits per heavy atom. The van der Waals surface area contributed by atoms with E-state index in [1.807, 2.05) is 0 Å². The van der Waals surface area contributed by atoms with Crippen LogP contribution in [0.2, 0.25) is 0 Å². The summed E-state index contributed by atoms with van der Waals surface area (Å²) < 4.78 is 11.9. The molecule has 0 spiro atoms. The zero-order valence-electron chi connectivity index (χ0n) is 14.7. The highest BCUT2D eigenvalue weighted by Gasteiger charge is 2.17. The molecule has 0 N–H and O–H groups in total. The van der Waals surface area contributed by atoms with Crippen molar-refractivity contribution in [1.82, 2.24) is 4.90 Å². The molecule has 0 atom stereocenters. The standard InChI is InChI=1S/C18H23NO3S2/c1-11(2)19(12(3)4)18(23)24-10-14-8-16(20)15-7-6-13(21-5)9-17(15)22-14/h6-9,11-12H,10H2,1-5H3. The zero-order chi connectivity index (χ0) is 17.9. The van der Waals surface area contributed by atoms with Crippen LogP contribution in [-0.4, -0.2) is 28.4 Å². The van der Waals surface area contributed by atoms with E-state index in [0.29, 0.717) is 40.3 Å². The molecule has 2 aromatic rings. The summed E-state index contributed by atoms with van der Waals surface area (Å²) in [5, 5.41) is 0.554. The molecular weight excluding hydrogens is 342 g/mol. The average molecular weight is 366 g/mol. The number of ether oxygens (including phenoxy) is 1. The van der Waals surface area contributed by atoms with Crippen molar-refractivity contribution < 1.29 is 9.15 Å². The van der Waals surface area contributed by atoms with Crippen molar-refractivity contribution in [2.75, 3.05) is 7.11 Å². The maximum absolute atomic E-state index is 12.2. The van der Waals surface area contributed by atoms with Crippen molar-refractivity contribution in [3.05, 3.63) is 40.2 Å². The van der Waals surface area contributed by atoms with Gasteiger partial charge in [-0.3, -0.25) is 4.79 Å². The van der Waals surface area contributed by atoms with Gasteiger partial charge >= 0.3 is 0 Å². The summed E-state index contributed by atoms with van der Waals surface area (Å²) in [6.07, 6.45) is 0. The summed E-state index contributed by atoms with van der Waals surface area (Å²) >= 11 is 7.06. The molecular formula is C18H23NO3S2. The van der Waals surface area contributed by atoms with E-state index >= 15 is 0 Å². The molecule has 0 aliphatic rings. The van der Waals surface area contributed by atoms with Gasteiger partial charge in [0.1, 0.15) is 21.4 Å². The average Bonchev–Trinajstić information content (AvgIpc) is 2.51. The molecule has 0 saturated carbocycles. The van der Waals surface area contributed by atoms with E-state index < -0.39 is 0 Å². The second-order valence-corrected chi connectivity index (χ2v) is 7.70. The fourth-order valence-electron chi connectivity index (χ4n) is 2.61. The van der Waals surface area contributed by atoms with Gasteiger partial charge in [-0.05, 0) is 39.8 Å². The van der Waals surface area contributed by atoms with Gasteiger partial charge in [-0.2, -0.15) is 0 Å². The Kier molecular flexibility index (Phi) is 6.29. The lowest BCUT2D eigenvalue weighted by Gasteiger charge is -2.32. The Hall–Kier alpha value is -1.53. The van der Waals surface area contributed by atoms with Gasteiger partial charge in [0.05, 0.1) is 18.2 Å². The van der Waals surface area contributed by atoms with Crippen molar-refractivity contribution in [2.45, 2.75) is 45.5 Å². The van der Waals surface area contributed by atoms with E-state index in [0.717, 1.165) is 4.32 Å². The molecule has 0 unspecified atom stereocenters. The van der Waals surface area contributed by atoms with Gasteiger partial charge in [0.15, 0.2) is 5.43 Å². The summed E-state index contributed by atoms with van der Waals surface area (Å²) in [7, 11) is 1.59. The molecule has 0 aliphatic carbocycles. The fraction of sp³-hybridized carbons (Fsp3) is 0.444. The largest absolute Gasteiger partial charge is 0.497 e. The minimum absolute atomic E-state index is 0.0509. The molecule has 2 rings (SSSR count). The maximum Gasteiger partial charge on any atom is 0.192 e. The highest BCUT2D eigenvalue weighted by molar-refractivity contribution is 8.22. The normalized spacial score (nSPS) is 11.3. The molecule has 1 aromatic carbocycles. The Balaban J connectivity index is 2.21. The first-order valence-corrected chi connectivity index (χ1v) is 9.28. The van der Waals surface area contributed by atoms with Crippen LogP contribution in [0.15, 0.2) is 33.5 Å². The molecule has 1 heterocycles. The van der Waals surface area contributed by atoms with Crippen LogP contribution in [0.3, 0.4) is 0 Å². The van der Waals surface area contributed by atoms with E-state index in [9.17, 15) is 4.79 Å². The van der Waals surface area contributed by atoms with Gasteiger partial charge in [-0.1, -0.05) is 24.0 Å². The molecule has 0 fully saturated rings. The Bertz CT molecular complexity index is 775. The highest BCUT2D eigenvalue weighted by atomic mass is 32.2. The Morgan fingerprint density at radius 2 is 1.92 bits per heavy atom. The van der Waals surface area contributed by atoms with Crippen molar-refractivity contribution in [1.29, 1.82) is 0 Å². The lowest BCUT2D eigenvalue weighted by Crippen LogP contribution is -2.39. The van der Waals surface area contributed by atoms with Crippen LogP contribution in [0.4, 0.5) is 0 Å². The summed E-state index contributed by atoms with van der Waals surface area (Å²) in [5.41, 5.74) is 0.484. The van der Waals surface area contributed by atoms with E-state index in [-0.39, 0.29) is 5.43 Å². The van der Waals surface area contributed by atoms with Crippen LogP contribution < -0.4 is 10.2 Å². The zero-order valence-corrected chi connectivity index (χ0v) is 16.3. The number of hydrogen-bond acceptors (Lipinski definition) is 5. The quantitative estimate of drug-likeness (QED) is 0.730. The van der Waals surface area contributed by atoms with Crippen LogP contribution >= 0.6 is 24.0 Å². The van der Waals surface area contributed by atoms with Crippen molar-refractivity contribution in [3.63, 3.8) is 0 Å². The Labute approximate surface area is 152 Å². The van der Waals surface area contributed by atoms with E-state index in [2.05, 4.69) is 32.6 Å². The first-order valence-electron chi connectivity index (χ1n) is 7.89. The topological polar surface area (TPSA) is 42.7 Å². The van der Waals surface area contributed by atoms with Gasteiger partial charge < -0.3 is 14.1 Å². The number of hydrogen-bond donors (Lipinski definition) is 0. The molecule has 0 aliphatic heterocycles. The highest BCUT2D eigenvalue weighted by Crippen LogP contribution is 2.23. The third-order valence-corrected chi connectivity index (χ3v) is 5.10. The van der Waals surface area contributed by atoms with Crippen LogP contribution in [0.1, 0.15) is 33.5 Å². The summed E-state index contributed by atoms with van der Waals surface area (Å²) in [4.78, 5) is 14.4. The number of thioether (sulfide) groups is 1. The molecule has 0 amide bonds. The third-order valence-electron chi connectivity index (χ3n) is 3.65. The lowest BCUT2D eigenvalue weighted by atomic mass is 10.2. The van der Waals surface area contributed by atoms with Gasteiger partial charge in [0.25, 0.3) is 0 Å². The summed E-state index contributed by atoms with van der Waals surface area (Å²) in [6.45, 7) is 8.48. The minimum Gasteiger partial charge on any atom is -0.497 e. The van der Waals surface area contributed by atoms with Gasteiger partial charge in [0.2, 0.25) is 0 Å².